The molecule has 0 spiro atoms. The maximum absolute atomic E-state index is 12.3. The highest BCUT2D eigenvalue weighted by atomic mass is 32.1. The third-order valence-corrected chi connectivity index (χ3v) is 4.04. The first-order valence-corrected chi connectivity index (χ1v) is 6.85. The standard InChI is InChI=1S/C13H13N5OS/c1-6-7(2)20-13(15-6)16-12(19)11-9-5-8(14)3-4-10(9)17-18-11/h3-5H,14H2,1-2H3,(H,17,18)(H,15,16,19). The number of carbonyl (C=O) groups excluding carboxylic acids is 1. The van der Waals surface area contributed by atoms with Gasteiger partial charge in [0.05, 0.1) is 11.2 Å². The van der Waals surface area contributed by atoms with Gasteiger partial charge in [0.15, 0.2) is 10.8 Å². The van der Waals surface area contributed by atoms with Crippen LogP contribution in [0.2, 0.25) is 0 Å². The van der Waals surface area contributed by atoms with Gasteiger partial charge in [-0.25, -0.2) is 4.98 Å². The summed E-state index contributed by atoms with van der Waals surface area (Å²) in [4.78, 5) is 17.6. The number of aromatic amines is 1. The molecule has 1 amide bonds. The Kier molecular flexibility index (Phi) is 2.90. The molecule has 1 aromatic carbocycles. The number of carbonyl (C=O) groups is 1. The molecule has 0 aliphatic rings. The second-order valence-corrected chi connectivity index (χ2v) is 5.70. The van der Waals surface area contributed by atoms with Crippen molar-refractivity contribution in [2.45, 2.75) is 13.8 Å². The van der Waals surface area contributed by atoms with Crippen LogP contribution in [0.15, 0.2) is 18.2 Å². The van der Waals surface area contributed by atoms with Crippen molar-refractivity contribution in [1.29, 1.82) is 0 Å². The summed E-state index contributed by atoms with van der Waals surface area (Å²) < 4.78 is 0. The summed E-state index contributed by atoms with van der Waals surface area (Å²) in [6.07, 6.45) is 0. The van der Waals surface area contributed by atoms with Crippen LogP contribution in [0.4, 0.5) is 10.8 Å². The summed E-state index contributed by atoms with van der Waals surface area (Å²) >= 11 is 1.44. The summed E-state index contributed by atoms with van der Waals surface area (Å²) in [5, 5.41) is 10.9. The molecule has 2 aromatic heterocycles. The van der Waals surface area contributed by atoms with Crippen LogP contribution in [0.25, 0.3) is 10.9 Å². The van der Waals surface area contributed by atoms with E-state index in [1.165, 1.54) is 11.3 Å². The van der Waals surface area contributed by atoms with Gasteiger partial charge in [-0.3, -0.25) is 15.2 Å². The summed E-state index contributed by atoms with van der Waals surface area (Å²) in [6.45, 7) is 3.87. The van der Waals surface area contributed by atoms with E-state index in [1.54, 1.807) is 18.2 Å². The average Bonchev–Trinajstić information content (AvgIpc) is 2.93. The topological polar surface area (TPSA) is 96.7 Å². The number of H-pyrrole nitrogens is 1. The highest BCUT2D eigenvalue weighted by molar-refractivity contribution is 7.15. The minimum absolute atomic E-state index is 0.296. The summed E-state index contributed by atoms with van der Waals surface area (Å²) in [6, 6.07) is 5.29. The first-order chi connectivity index (χ1) is 9.54. The van der Waals surface area contributed by atoms with Crippen LogP contribution in [0, 0.1) is 13.8 Å². The number of nitrogens with two attached hydrogens (primary N) is 1. The molecule has 0 saturated heterocycles. The van der Waals surface area contributed by atoms with Crippen LogP contribution in [0.1, 0.15) is 21.1 Å². The molecule has 0 aliphatic carbocycles. The number of benzene rings is 1. The Labute approximate surface area is 119 Å². The quantitative estimate of drug-likeness (QED) is 0.631. The van der Waals surface area contributed by atoms with E-state index in [-0.39, 0.29) is 5.91 Å². The van der Waals surface area contributed by atoms with E-state index in [2.05, 4.69) is 20.5 Å². The Balaban J connectivity index is 1.94. The molecule has 102 valence electrons. The molecular formula is C13H13N5OS. The van der Waals surface area contributed by atoms with Crippen LogP contribution in [-0.2, 0) is 0 Å². The molecule has 0 bridgehead atoms. The van der Waals surface area contributed by atoms with Crippen molar-refractivity contribution >= 4 is 39.0 Å². The molecule has 0 saturated carbocycles. The molecule has 3 aromatic rings. The van der Waals surface area contributed by atoms with E-state index in [1.807, 2.05) is 13.8 Å². The van der Waals surface area contributed by atoms with Crippen molar-refractivity contribution in [1.82, 2.24) is 15.2 Å². The van der Waals surface area contributed by atoms with Gasteiger partial charge in [-0.1, -0.05) is 0 Å². The molecule has 2 heterocycles. The van der Waals surface area contributed by atoms with Crippen molar-refractivity contribution in [3.63, 3.8) is 0 Å². The van der Waals surface area contributed by atoms with Gasteiger partial charge >= 0.3 is 0 Å². The van der Waals surface area contributed by atoms with E-state index in [0.717, 1.165) is 16.1 Å². The molecule has 7 heteroatoms. The van der Waals surface area contributed by atoms with E-state index in [4.69, 9.17) is 5.73 Å². The zero-order valence-corrected chi connectivity index (χ0v) is 11.8. The maximum Gasteiger partial charge on any atom is 0.278 e. The second kappa shape index (κ2) is 4.61. The van der Waals surface area contributed by atoms with Gasteiger partial charge in [-0.2, -0.15) is 5.10 Å². The van der Waals surface area contributed by atoms with Crippen molar-refractivity contribution in [3.8, 4) is 0 Å². The fourth-order valence-corrected chi connectivity index (χ4v) is 2.70. The van der Waals surface area contributed by atoms with Crippen molar-refractivity contribution < 1.29 is 4.79 Å². The molecule has 0 fully saturated rings. The SMILES string of the molecule is Cc1nc(NC(=O)c2n[nH]c3ccc(N)cc23)sc1C. The van der Waals surface area contributed by atoms with Crippen LogP contribution < -0.4 is 11.1 Å². The molecule has 3 rings (SSSR count). The predicted octanol–water partition coefficient (Wildman–Crippen LogP) is 2.47. The largest absolute Gasteiger partial charge is 0.399 e. The molecule has 0 atom stereocenters. The lowest BCUT2D eigenvalue weighted by molar-refractivity contribution is 0.102. The Morgan fingerprint density at radius 1 is 1.40 bits per heavy atom. The number of fused-ring (bicyclic) bond motifs is 1. The Morgan fingerprint density at radius 3 is 2.90 bits per heavy atom. The Hall–Kier alpha value is -2.41. The van der Waals surface area contributed by atoms with Gasteiger partial charge in [0.2, 0.25) is 0 Å². The van der Waals surface area contributed by atoms with Crippen LogP contribution in [0.5, 0.6) is 0 Å². The minimum Gasteiger partial charge on any atom is -0.399 e. The number of hydrogen-bond donors (Lipinski definition) is 3. The third-order valence-electron chi connectivity index (χ3n) is 3.05. The smallest absolute Gasteiger partial charge is 0.278 e. The summed E-state index contributed by atoms with van der Waals surface area (Å²) in [7, 11) is 0. The van der Waals surface area contributed by atoms with E-state index in [0.29, 0.717) is 21.9 Å². The first kappa shape index (κ1) is 12.6. The van der Waals surface area contributed by atoms with Gasteiger partial charge in [-0.15, -0.1) is 11.3 Å². The lowest BCUT2D eigenvalue weighted by atomic mass is 10.2. The fourth-order valence-electron chi connectivity index (χ4n) is 1.89. The average molecular weight is 287 g/mol. The van der Waals surface area contributed by atoms with Crippen molar-refractivity contribution in [2.24, 2.45) is 0 Å². The maximum atomic E-state index is 12.3. The number of thiazole rings is 1. The number of aromatic nitrogens is 3. The molecule has 4 N–H and O–H groups in total. The van der Waals surface area contributed by atoms with E-state index >= 15 is 0 Å². The van der Waals surface area contributed by atoms with Gasteiger partial charge in [0, 0.05) is 16.0 Å². The van der Waals surface area contributed by atoms with Crippen molar-refractivity contribution in [3.05, 3.63) is 34.5 Å². The molecule has 6 nitrogen and oxygen atoms in total. The van der Waals surface area contributed by atoms with Gasteiger partial charge in [0.1, 0.15) is 0 Å². The summed E-state index contributed by atoms with van der Waals surface area (Å²) in [5.41, 5.74) is 8.35. The van der Waals surface area contributed by atoms with Crippen LogP contribution in [-0.4, -0.2) is 21.1 Å². The van der Waals surface area contributed by atoms with Gasteiger partial charge < -0.3 is 5.73 Å². The summed E-state index contributed by atoms with van der Waals surface area (Å²) in [5.74, 6) is -0.296. The molecule has 0 aliphatic heterocycles. The number of nitrogens with one attached hydrogen (secondary N) is 2. The van der Waals surface area contributed by atoms with Crippen LogP contribution >= 0.6 is 11.3 Å². The Morgan fingerprint density at radius 2 is 2.20 bits per heavy atom. The van der Waals surface area contributed by atoms with Gasteiger partial charge in [0.25, 0.3) is 5.91 Å². The Bertz CT molecular complexity index is 785. The monoisotopic (exact) mass is 287 g/mol. The normalized spacial score (nSPS) is 10.9. The second-order valence-electron chi connectivity index (χ2n) is 4.49. The van der Waals surface area contributed by atoms with Crippen LogP contribution in [0.3, 0.4) is 0 Å². The fraction of sp³-hybridized carbons (Fsp3) is 0.154. The number of anilines is 2. The predicted molar refractivity (Wildman–Crippen MR) is 80.0 cm³/mol. The van der Waals surface area contributed by atoms with E-state index in [9.17, 15) is 4.79 Å². The first-order valence-electron chi connectivity index (χ1n) is 6.03. The number of nitrogen functional groups attached to an aromatic ring is 1. The number of nitrogens with zero attached hydrogens (tertiary/aromatic N) is 2. The number of hydrogen-bond acceptors (Lipinski definition) is 5. The lowest BCUT2D eigenvalue weighted by Crippen LogP contribution is -2.12. The highest BCUT2D eigenvalue weighted by Gasteiger charge is 2.16. The number of aryl methyl sites for hydroxylation is 2. The molecule has 0 unspecified atom stereocenters. The van der Waals surface area contributed by atoms with E-state index < -0.39 is 0 Å². The number of amides is 1. The number of rotatable bonds is 2. The molecule has 20 heavy (non-hydrogen) atoms. The minimum atomic E-state index is -0.296. The highest BCUT2D eigenvalue weighted by Crippen LogP contribution is 2.23. The molecule has 0 radical (unpaired) electrons. The lowest BCUT2D eigenvalue weighted by Gasteiger charge is -1.99. The zero-order chi connectivity index (χ0) is 14.3. The molecular weight excluding hydrogens is 274 g/mol. The van der Waals surface area contributed by atoms with Gasteiger partial charge in [-0.05, 0) is 32.0 Å². The van der Waals surface area contributed by atoms with Crippen molar-refractivity contribution in [2.75, 3.05) is 11.1 Å². The third kappa shape index (κ3) is 2.12. The zero-order valence-electron chi connectivity index (χ0n) is 11.0.